The molecule has 4 aliphatic rings. The highest BCUT2D eigenvalue weighted by atomic mass is 19.1. The van der Waals surface area contributed by atoms with Gasteiger partial charge in [0.2, 0.25) is 0 Å². The molecule has 1 aromatic carbocycles. The van der Waals surface area contributed by atoms with Gasteiger partial charge in [0, 0.05) is 29.9 Å². The molecule has 0 radical (unpaired) electrons. The number of hydrogen-bond acceptors (Lipinski definition) is 6. The first-order valence-corrected chi connectivity index (χ1v) is 13.6. The fraction of sp³-hybridized carbons (Fsp3) is 0.448. The van der Waals surface area contributed by atoms with Crippen LogP contribution >= 0.6 is 0 Å². The van der Waals surface area contributed by atoms with Crippen LogP contribution in [0.3, 0.4) is 0 Å². The van der Waals surface area contributed by atoms with Crippen molar-refractivity contribution in [2.75, 3.05) is 45.2 Å². The first kappa shape index (κ1) is 24.7. The molecule has 1 atom stereocenters. The fourth-order valence-electron chi connectivity index (χ4n) is 6.00. The van der Waals surface area contributed by atoms with E-state index in [1.807, 2.05) is 6.07 Å². The number of halogens is 1. The molecule has 6 heterocycles. The number of nitrogens with zero attached hydrogens (tertiary/aromatic N) is 2. The Morgan fingerprint density at radius 1 is 1.16 bits per heavy atom. The van der Waals surface area contributed by atoms with Crippen LogP contribution in [0.2, 0.25) is 0 Å². The van der Waals surface area contributed by atoms with Gasteiger partial charge >= 0.3 is 0 Å². The lowest BCUT2D eigenvalue weighted by Crippen LogP contribution is -2.36. The van der Waals surface area contributed by atoms with Crippen LogP contribution in [0, 0.1) is 11.7 Å². The Kier molecular flexibility index (Phi) is 6.93. The van der Waals surface area contributed by atoms with Crippen LogP contribution in [0.15, 0.2) is 36.7 Å². The summed E-state index contributed by atoms with van der Waals surface area (Å²) in [5, 5.41) is 6.44. The lowest BCUT2D eigenvalue weighted by Gasteiger charge is -2.32. The standard InChI is InChI=1S/C29H34FN5O3/c1-37-28-21(30)6-4-7-22(28)33-27-24-25-19(15-32-29(24)36)5-2-3-12-35-13-9-18(10-14-35)17-38-23-16-31-11-8-20(23)26(27)34-25/h4,6-8,11,16,18-19,33-34H,2-3,5,9-10,12-15,17H2,1H3,(H,32,36). The summed E-state index contributed by atoms with van der Waals surface area (Å²) in [4.78, 5) is 23.8. The number of anilines is 2. The molecule has 3 aromatic rings. The second kappa shape index (κ2) is 10.6. The number of pyridine rings is 1. The molecule has 0 aliphatic carbocycles. The van der Waals surface area contributed by atoms with E-state index in [9.17, 15) is 9.18 Å². The van der Waals surface area contributed by atoms with E-state index in [2.05, 4.69) is 25.5 Å². The molecule has 1 saturated heterocycles. The van der Waals surface area contributed by atoms with Gasteiger partial charge in [0.05, 0.1) is 42.5 Å². The van der Waals surface area contributed by atoms with Crippen molar-refractivity contribution in [1.82, 2.24) is 20.2 Å². The number of aromatic nitrogens is 2. The summed E-state index contributed by atoms with van der Waals surface area (Å²) in [5.41, 5.74) is 4.01. The highest BCUT2D eigenvalue weighted by molar-refractivity contribution is 6.07. The first-order chi connectivity index (χ1) is 18.6. The molecule has 7 rings (SSSR count). The van der Waals surface area contributed by atoms with Crippen LogP contribution in [0.25, 0.3) is 11.3 Å². The van der Waals surface area contributed by atoms with Crippen LogP contribution < -0.4 is 20.1 Å². The number of para-hydroxylation sites is 1. The number of carbonyl (C=O) groups is 1. The number of carbonyl (C=O) groups excluding carboxylic acids is 1. The maximum Gasteiger partial charge on any atom is 0.255 e. The van der Waals surface area contributed by atoms with Gasteiger partial charge in [-0.1, -0.05) is 12.5 Å². The average molecular weight is 520 g/mol. The van der Waals surface area contributed by atoms with E-state index in [0.29, 0.717) is 41.8 Å². The second-order valence-corrected chi connectivity index (χ2v) is 10.5. The summed E-state index contributed by atoms with van der Waals surface area (Å²) in [6.07, 6.45) is 8.89. The van der Waals surface area contributed by atoms with Crippen molar-refractivity contribution in [3.05, 3.63) is 53.7 Å². The van der Waals surface area contributed by atoms with Gasteiger partial charge in [-0.2, -0.15) is 0 Å². The van der Waals surface area contributed by atoms with Crippen molar-refractivity contribution in [2.24, 2.45) is 5.92 Å². The number of benzene rings is 1. The van der Waals surface area contributed by atoms with E-state index in [4.69, 9.17) is 9.47 Å². The molecule has 0 saturated carbocycles. The molecule has 4 aliphatic heterocycles. The van der Waals surface area contributed by atoms with Gasteiger partial charge in [-0.3, -0.25) is 9.78 Å². The molecular weight excluding hydrogens is 485 g/mol. The third kappa shape index (κ3) is 4.71. The Bertz CT molecular complexity index is 1320. The van der Waals surface area contributed by atoms with Gasteiger partial charge in [0.15, 0.2) is 11.6 Å². The number of hydrogen-bond donors (Lipinski definition) is 3. The van der Waals surface area contributed by atoms with Gasteiger partial charge in [-0.15, -0.1) is 0 Å². The number of nitrogens with one attached hydrogen (secondary N) is 3. The number of methoxy groups -OCH3 is 1. The number of ether oxygens (including phenoxy) is 2. The number of amides is 1. The largest absolute Gasteiger partial charge is 0.492 e. The molecule has 2 aromatic heterocycles. The summed E-state index contributed by atoms with van der Waals surface area (Å²) < 4.78 is 26.3. The minimum atomic E-state index is -0.477. The molecule has 8 nitrogen and oxygen atoms in total. The van der Waals surface area contributed by atoms with E-state index in [-0.39, 0.29) is 17.6 Å². The Morgan fingerprint density at radius 2 is 2.03 bits per heavy atom. The van der Waals surface area contributed by atoms with Crippen LogP contribution in [0.4, 0.5) is 15.8 Å². The quantitative estimate of drug-likeness (QED) is 0.448. The average Bonchev–Trinajstić information content (AvgIpc) is 3.31. The maximum atomic E-state index is 14.6. The van der Waals surface area contributed by atoms with Crippen molar-refractivity contribution in [1.29, 1.82) is 0 Å². The summed E-state index contributed by atoms with van der Waals surface area (Å²) in [5.74, 6) is 0.762. The zero-order chi connectivity index (χ0) is 26.1. The molecule has 3 N–H and O–H groups in total. The molecule has 38 heavy (non-hydrogen) atoms. The number of piperidine rings is 1. The van der Waals surface area contributed by atoms with Crippen molar-refractivity contribution in [3.8, 4) is 22.8 Å². The third-order valence-corrected chi connectivity index (χ3v) is 8.12. The van der Waals surface area contributed by atoms with E-state index >= 15 is 0 Å². The van der Waals surface area contributed by atoms with Crippen LogP contribution in [-0.4, -0.2) is 60.7 Å². The minimum absolute atomic E-state index is 0.0940. The number of H-pyrrole nitrogens is 1. The fourth-order valence-corrected chi connectivity index (χ4v) is 6.00. The van der Waals surface area contributed by atoms with Gasteiger partial charge in [0.25, 0.3) is 5.91 Å². The summed E-state index contributed by atoms with van der Waals surface area (Å²) >= 11 is 0. The molecule has 9 heteroatoms. The predicted octanol–water partition coefficient (Wildman–Crippen LogP) is 5.07. The Balaban J connectivity index is 1.48. The zero-order valence-corrected chi connectivity index (χ0v) is 21.7. The summed E-state index contributed by atoms with van der Waals surface area (Å²) in [7, 11) is 1.44. The molecular formula is C29H34FN5O3. The molecule has 1 amide bonds. The lowest BCUT2D eigenvalue weighted by atomic mass is 9.91. The molecule has 0 spiro atoms. The Hall–Kier alpha value is -3.59. The summed E-state index contributed by atoms with van der Waals surface area (Å²) in [6, 6.07) is 6.62. The number of rotatable bonds is 3. The summed E-state index contributed by atoms with van der Waals surface area (Å²) in [6.45, 7) is 4.53. The van der Waals surface area contributed by atoms with E-state index in [1.165, 1.54) is 13.2 Å². The Labute approximate surface area is 221 Å². The normalized spacial score (nSPS) is 23.2. The van der Waals surface area contributed by atoms with Crippen molar-refractivity contribution in [3.63, 3.8) is 0 Å². The van der Waals surface area contributed by atoms with Crippen LogP contribution in [-0.2, 0) is 0 Å². The zero-order valence-electron chi connectivity index (χ0n) is 21.7. The molecule has 1 unspecified atom stereocenters. The van der Waals surface area contributed by atoms with E-state index in [1.54, 1.807) is 24.5 Å². The monoisotopic (exact) mass is 519 g/mol. The predicted molar refractivity (Wildman–Crippen MR) is 144 cm³/mol. The maximum absolute atomic E-state index is 14.6. The van der Waals surface area contributed by atoms with Gasteiger partial charge in [-0.25, -0.2) is 4.39 Å². The van der Waals surface area contributed by atoms with Gasteiger partial charge in [-0.05, 0) is 69.4 Å². The third-order valence-electron chi connectivity index (χ3n) is 8.12. The highest BCUT2D eigenvalue weighted by Crippen LogP contribution is 2.44. The van der Waals surface area contributed by atoms with Crippen molar-refractivity contribution >= 4 is 17.3 Å². The smallest absolute Gasteiger partial charge is 0.255 e. The minimum Gasteiger partial charge on any atom is -0.492 e. The van der Waals surface area contributed by atoms with Crippen molar-refractivity contribution < 1.29 is 18.7 Å². The number of aromatic amines is 1. The molecule has 200 valence electrons. The van der Waals surface area contributed by atoms with Crippen LogP contribution in [0.5, 0.6) is 11.5 Å². The first-order valence-electron chi connectivity index (χ1n) is 13.6. The number of fused-ring (bicyclic) bond motifs is 6. The SMILES string of the molecule is COc1c(F)cccc1Nc1c2[nH]c3c1C(=O)NCC3CCCCN1CCC(CC1)COc1cnccc1-2. The van der Waals surface area contributed by atoms with Gasteiger partial charge < -0.3 is 30.0 Å². The second-order valence-electron chi connectivity index (χ2n) is 10.5. The lowest BCUT2D eigenvalue weighted by molar-refractivity contribution is 0.0939. The topological polar surface area (TPSA) is 91.5 Å². The van der Waals surface area contributed by atoms with Gasteiger partial charge in [0.1, 0.15) is 5.75 Å². The Morgan fingerprint density at radius 3 is 2.87 bits per heavy atom. The molecule has 4 bridgehead atoms. The van der Waals surface area contributed by atoms with Crippen molar-refractivity contribution in [2.45, 2.75) is 38.0 Å². The highest BCUT2D eigenvalue weighted by Gasteiger charge is 2.34. The van der Waals surface area contributed by atoms with Crippen LogP contribution in [0.1, 0.15) is 54.1 Å². The molecule has 1 fully saturated rings. The van der Waals surface area contributed by atoms with E-state index in [0.717, 1.165) is 68.7 Å². The van der Waals surface area contributed by atoms with E-state index < -0.39 is 5.82 Å².